The molecule has 6 nitrogen and oxygen atoms in total. The third kappa shape index (κ3) is 4.83. The number of thioether (sulfide) groups is 1. The first-order valence-corrected chi connectivity index (χ1v) is 10.7. The average Bonchev–Trinajstić information content (AvgIpc) is 3.01. The van der Waals surface area contributed by atoms with Crippen LogP contribution in [-0.2, 0) is 9.59 Å². The van der Waals surface area contributed by atoms with E-state index in [1.807, 2.05) is 6.92 Å². The number of para-hydroxylation sites is 1. The van der Waals surface area contributed by atoms with Gasteiger partial charge >= 0.3 is 5.97 Å². The van der Waals surface area contributed by atoms with Gasteiger partial charge in [0.2, 0.25) is 0 Å². The summed E-state index contributed by atoms with van der Waals surface area (Å²) in [4.78, 5) is 26.2. The summed E-state index contributed by atoms with van der Waals surface area (Å²) in [6, 6.07) is 14.2. The molecule has 2 aromatic rings. The second-order valence-electron chi connectivity index (χ2n) is 6.33. The van der Waals surface area contributed by atoms with Gasteiger partial charge in [0.05, 0.1) is 17.2 Å². The topological polar surface area (TPSA) is 76.1 Å². The minimum Gasteiger partial charge on any atom is -0.494 e. The van der Waals surface area contributed by atoms with Crippen molar-refractivity contribution in [3.05, 3.63) is 59.0 Å². The molecule has 0 radical (unpaired) electrons. The minimum atomic E-state index is -1.03. The Hall–Kier alpha value is -2.84. The summed E-state index contributed by atoms with van der Waals surface area (Å²) < 4.78 is 11.5. The van der Waals surface area contributed by atoms with Gasteiger partial charge in [0, 0.05) is 5.56 Å². The van der Waals surface area contributed by atoms with Crippen molar-refractivity contribution >= 4 is 51.9 Å². The molecule has 30 heavy (non-hydrogen) atoms. The van der Waals surface area contributed by atoms with Crippen LogP contribution in [0.15, 0.2) is 53.4 Å². The van der Waals surface area contributed by atoms with Crippen molar-refractivity contribution in [1.82, 2.24) is 0 Å². The van der Waals surface area contributed by atoms with Crippen LogP contribution in [0, 0.1) is 0 Å². The van der Waals surface area contributed by atoms with Crippen molar-refractivity contribution in [2.75, 3.05) is 11.5 Å². The Morgan fingerprint density at radius 3 is 2.53 bits per heavy atom. The van der Waals surface area contributed by atoms with Gasteiger partial charge in [-0.05, 0) is 49.8 Å². The van der Waals surface area contributed by atoms with Crippen LogP contribution in [0.4, 0.5) is 5.69 Å². The molecule has 1 atom stereocenters. The van der Waals surface area contributed by atoms with Gasteiger partial charge in [0.25, 0.3) is 5.91 Å². The fourth-order valence-corrected chi connectivity index (χ4v) is 4.15. The molecule has 2 aromatic carbocycles. The third-order valence-corrected chi connectivity index (χ3v) is 5.62. The molecule has 0 spiro atoms. The third-order valence-electron chi connectivity index (χ3n) is 4.32. The Bertz CT molecular complexity index is 987. The van der Waals surface area contributed by atoms with Crippen LogP contribution < -0.4 is 14.4 Å². The van der Waals surface area contributed by atoms with E-state index >= 15 is 0 Å². The van der Waals surface area contributed by atoms with Gasteiger partial charge in [-0.25, -0.2) is 4.79 Å². The van der Waals surface area contributed by atoms with Crippen LogP contribution in [0.5, 0.6) is 11.5 Å². The standard InChI is InChI=1S/C22H21NO5S2/c1-3-17(21(25)26)28-18-8-6-5-7-14(18)13-19-20(24)23(22(29)30-19)15-9-11-16(12-10-15)27-4-2/h5-13,17H,3-4H2,1-2H3,(H,25,26)/b19-13+. The van der Waals surface area contributed by atoms with Crippen LogP contribution in [-0.4, -0.2) is 34.0 Å². The van der Waals surface area contributed by atoms with E-state index in [9.17, 15) is 14.7 Å². The quantitative estimate of drug-likeness (QED) is 0.467. The Kier molecular flexibility index (Phi) is 7.12. The van der Waals surface area contributed by atoms with E-state index in [1.54, 1.807) is 61.5 Å². The number of rotatable bonds is 8. The summed E-state index contributed by atoms with van der Waals surface area (Å²) in [6.45, 7) is 4.20. The molecule has 0 bridgehead atoms. The number of nitrogens with zero attached hydrogens (tertiary/aromatic N) is 1. The summed E-state index contributed by atoms with van der Waals surface area (Å²) in [5, 5.41) is 9.27. The zero-order valence-corrected chi connectivity index (χ0v) is 18.2. The highest BCUT2D eigenvalue weighted by Gasteiger charge is 2.33. The molecule has 1 saturated heterocycles. The van der Waals surface area contributed by atoms with Crippen molar-refractivity contribution < 1.29 is 24.2 Å². The van der Waals surface area contributed by atoms with E-state index in [1.165, 1.54) is 16.7 Å². The largest absolute Gasteiger partial charge is 0.494 e. The van der Waals surface area contributed by atoms with Crippen LogP contribution in [0.3, 0.4) is 0 Å². The van der Waals surface area contributed by atoms with E-state index < -0.39 is 12.1 Å². The van der Waals surface area contributed by atoms with E-state index in [2.05, 4.69) is 0 Å². The molecule has 8 heteroatoms. The Balaban J connectivity index is 1.86. The minimum absolute atomic E-state index is 0.241. The molecule has 1 amide bonds. The van der Waals surface area contributed by atoms with Crippen molar-refractivity contribution in [3.8, 4) is 11.5 Å². The van der Waals surface area contributed by atoms with E-state index in [0.29, 0.717) is 39.3 Å². The van der Waals surface area contributed by atoms with Crippen molar-refractivity contribution in [3.63, 3.8) is 0 Å². The van der Waals surface area contributed by atoms with Gasteiger partial charge in [-0.15, -0.1) is 0 Å². The van der Waals surface area contributed by atoms with Crippen molar-refractivity contribution in [1.29, 1.82) is 0 Å². The molecule has 1 heterocycles. The summed E-state index contributed by atoms with van der Waals surface area (Å²) in [5.74, 6) is -0.154. The first-order chi connectivity index (χ1) is 14.4. The molecule has 1 unspecified atom stereocenters. The van der Waals surface area contributed by atoms with Crippen LogP contribution in [0.2, 0.25) is 0 Å². The number of carboxylic acids is 1. The number of carbonyl (C=O) groups excluding carboxylic acids is 1. The number of amides is 1. The van der Waals surface area contributed by atoms with Crippen molar-refractivity contribution in [2.45, 2.75) is 26.4 Å². The molecule has 1 aliphatic rings. The highest BCUT2D eigenvalue weighted by molar-refractivity contribution is 8.27. The number of thiocarbonyl (C=S) groups is 1. The lowest BCUT2D eigenvalue weighted by atomic mass is 10.1. The normalized spacial score (nSPS) is 16.1. The number of carbonyl (C=O) groups is 2. The fraction of sp³-hybridized carbons (Fsp3) is 0.227. The summed E-state index contributed by atoms with van der Waals surface area (Å²) in [5.41, 5.74) is 1.27. The number of carboxylic acid groups (broad SMARTS) is 1. The Morgan fingerprint density at radius 1 is 1.20 bits per heavy atom. The maximum atomic E-state index is 13.0. The van der Waals surface area contributed by atoms with Gasteiger partial charge in [0.1, 0.15) is 11.5 Å². The second kappa shape index (κ2) is 9.77. The Labute approximate surface area is 184 Å². The lowest BCUT2D eigenvalue weighted by Gasteiger charge is -2.16. The number of ether oxygens (including phenoxy) is 2. The maximum Gasteiger partial charge on any atom is 0.344 e. The molecule has 3 rings (SSSR count). The van der Waals surface area contributed by atoms with Gasteiger partial charge in [0.15, 0.2) is 10.4 Å². The number of anilines is 1. The second-order valence-corrected chi connectivity index (χ2v) is 8.01. The smallest absolute Gasteiger partial charge is 0.344 e. The number of hydrogen-bond acceptors (Lipinski definition) is 6. The lowest BCUT2D eigenvalue weighted by Crippen LogP contribution is -2.27. The fourth-order valence-electron chi connectivity index (χ4n) is 2.86. The van der Waals surface area contributed by atoms with Gasteiger partial charge in [-0.2, -0.15) is 0 Å². The SMILES string of the molecule is CCOc1ccc(N2C(=O)/C(=C\c3ccccc3OC(CC)C(=O)O)SC2=S)cc1. The van der Waals surface area contributed by atoms with Gasteiger partial charge in [-0.1, -0.05) is 49.1 Å². The van der Waals surface area contributed by atoms with Crippen molar-refractivity contribution in [2.24, 2.45) is 0 Å². The number of hydrogen-bond donors (Lipinski definition) is 1. The molecule has 0 aromatic heterocycles. The van der Waals surface area contributed by atoms with Crippen LogP contribution in [0.25, 0.3) is 6.08 Å². The number of aliphatic carboxylic acids is 1. The molecule has 1 N–H and O–H groups in total. The zero-order chi connectivity index (χ0) is 21.7. The van der Waals surface area contributed by atoms with E-state index in [4.69, 9.17) is 21.7 Å². The van der Waals surface area contributed by atoms with Gasteiger partial charge in [-0.3, -0.25) is 9.69 Å². The molecule has 156 valence electrons. The Morgan fingerprint density at radius 2 is 1.90 bits per heavy atom. The molecule has 0 aliphatic carbocycles. The lowest BCUT2D eigenvalue weighted by molar-refractivity contribution is -0.145. The molecule has 1 aliphatic heterocycles. The first kappa shape index (κ1) is 21.9. The predicted octanol–water partition coefficient (Wildman–Crippen LogP) is 4.73. The van der Waals surface area contributed by atoms with Crippen LogP contribution in [0.1, 0.15) is 25.8 Å². The van der Waals surface area contributed by atoms with Gasteiger partial charge < -0.3 is 14.6 Å². The summed E-state index contributed by atoms with van der Waals surface area (Å²) in [7, 11) is 0. The summed E-state index contributed by atoms with van der Waals surface area (Å²) in [6.07, 6.45) is 1.04. The number of benzene rings is 2. The molecular weight excluding hydrogens is 422 g/mol. The molecule has 0 saturated carbocycles. The summed E-state index contributed by atoms with van der Waals surface area (Å²) >= 11 is 6.61. The monoisotopic (exact) mass is 443 g/mol. The highest BCUT2D eigenvalue weighted by Crippen LogP contribution is 2.37. The molecular formula is C22H21NO5S2. The first-order valence-electron chi connectivity index (χ1n) is 9.43. The average molecular weight is 444 g/mol. The van der Waals surface area contributed by atoms with E-state index in [0.717, 1.165) is 5.75 Å². The van der Waals surface area contributed by atoms with E-state index in [-0.39, 0.29) is 5.91 Å². The van der Waals surface area contributed by atoms with Crippen LogP contribution >= 0.6 is 24.0 Å². The highest BCUT2D eigenvalue weighted by atomic mass is 32.2. The zero-order valence-electron chi connectivity index (χ0n) is 16.5. The maximum absolute atomic E-state index is 13.0. The predicted molar refractivity (Wildman–Crippen MR) is 122 cm³/mol. The molecule has 1 fully saturated rings.